The van der Waals surface area contributed by atoms with Crippen LogP contribution in [0, 0.1) is 0 Å². The molecule has 0 radical (unpaired) electrons. The summed E-state index contributed by atoms with van der Waals surface area (Å²) in [4.78, 5) is 31.4. The van der Waals surface area contributed by atoms with E-state index in [0.29, 0.717) is 26.1 Å². The fraction of sp³-hybridized carbons (Fsp3) is 0.619. The molecule has 27 heavy (non-hydrogen) atoms. The van der Waals surface area contributed by atoms with Crippen LogP contribution in [0.2, 0.25) is 0 Å². The molecule has 0 N–H and O–H groups in total. The molecule has 0 saturated carbocycles. The number of rotatable bonds is 6. The maximum Gasteiger partial charge on any atom is 0.410 e. The molecule has 6 nitrogen and oxygen atoms in total. The minimum atomic E-state index is -0.568. The monoisotopic (exact) mass is 375 g/mol. The van der Waals surface area contributed by atoms with Gasteiger partial charge in [0.25, 0.3) is 0 Å². The summed E-state index contributed by atoms with van der Waals surface area (Å²) in [7, 11) is 3.99. The number of benzene rings is 1. The average molecular weight is 376 g/mol. The molecule has 1 fully saturated rings. The maximum atomic E-state index is 13.3. The highest BCUT2D eigenvalue weighted by molar-refractivity contribution is 5.86. The van der Waals surface area contributed by atoms with Gasteiger partial charge in [-0.2, -0.15) is 0 Å². The lowest BCUT2D eigenvalue weighted by atomic mass is 10.1. The molecule has 0 aliphatic carbocycles. The van der Waals surface area contributed by atoms with Gasteiger partial charge in [-0.3, -0.25) is 9.69 Å². The summed E-state index contributed by atoms with van der Waals surface area (Å²) in [6.07, 6.45) is 1.11. The molecule has 0 bridgehead atoms. The molecule has 0 unspecified atom stereocenters. The van der Waals surface area contributed by atoms with Gasteiger partial charge in [-0.05, 0) is 53.3 Å². The Morgan fingerprint density at radius 3 is 2.41 bits per heavy atom. The summed E-state index contributed by atoms with van der Waals surface area (Å²) in [5, 5.41) is 0. The molecule has 6 heteroatoms. The van der Waals surface area contributed by atoms with Crippen LogP contribution in [0.4, 0.5) is 4.79 Å². The molecule has 1 heterocycles. The molecule has 1 atom stereocenters. The van der Waals surface area contributed by atoms with E-state index in [0.717, 1.165) is 18.5 Å². The van der Waals surface area contributed by atoms with Crippen molar-refractivity contribution in [1.29, 1.82) is 0 Å². The summed E-state index contributed by atoms with van der Waals surface area (Å²) in [5.74, 6) is 0.00376. The molecule has 1 aliphatic rings. The van der Waals surface area contributed by atoms with E-state index >= 15 is 0 Å². The van der Waals surface area contributed by atoms with Crippen molar-refractivity contribution >= 4 is 12.0 Å². The van der Waals surface area contributed by atoms with E-state index in [2.05, 4.69) is 4.90 Å². The van der Waals surface area contributed by atoms with Gasteiger partial charge in [-0.15, -0.1) is 0 Å². The van der Waals surface area contributed by atoms with E-state index < -0.39 is 17.7 Å². The van der Waals surface area contributed by atoms with Crippen LogP contribution in [-0.4, -0.2) is 72.1 Å². The van der Waals surface area contributed by atoms with Gasteiger partial charge in [0.05, 0.1) is 0 Å². The Bertz CT molecular complexity index is 625. The van der Waals surface area contributed by atoms with Gasteiger partial charge in [0.15, 0.2) is 0 Å². The van der Waals surface area contributed by atoms with Crippen molar-refractivity contribution < 1.29 is 14.3 Å². The van der Waals surface area contributed by atoms with Crippen molar-refractivity contribution in [3.8, 4) is 0 Å². The molecule has 1 aromatic carbocycles. The summed E-state index contributed by atoms with van der Waals surface area (Å²) >= 11 is 0. The highest BCUT2D eigenvalue weighted by Crippen LogP contribution is 2.23. The topological polar surface area (TPSA) is 53.1 Å². The number of hydrogen-bond donors (Lipinski definition) is 0. The molecule has 0 spiro atoms. The summed E-state index contributed by atoms with van der Waals surface area (Å²) in [6, 6.07) is 9.54. The van der Waals surface area contributed by atoms with Crippen LogP contribution in [0.5, 0.6) is 0 Å². The lowest BCUT2D eigenvalue weighted by molar-refractivity contribution is -0.136. The molecule has 1 aliphatic heterocycles. The first-order valence-electron chi connectivity index (χ1n) is 9.64. The molecule has 2 rings (SSSR count). The molecule has 1 aromatic rings. The second-order valence-electron chi connectivity index (χ2n) is 8.38. The zero-order valence-corrected chi connectivity index (χ0v) is 17.3. The number of hydrogen-bond acceptors (Lipinski definition) is 4. The fourth-order valence-corrected chi connectivity index (χ4v) is 3.16. The van der Waals surface area contributed by atoms with Crippen LogP contribution < -0.4 is 0 Å². The second kappa shape index (κ2) is 9.22. The van der Waals surface area contributed by atoms with Gasteiger partial charge in [0, 0.05) is 26.2 Å². The van der Waals surface area contributed by atoms with Gasteiger partial charge in [-0.25, -0.2) is 4.79 Å². The smallest absolute Gasteiger partial charge is 0.410 e. The summed E-state index contributed by atoms with van der Waals surface area (Å²) in [6.45, 7) is 8.05. The Kier molecular flexibility index (Phi) is 7.25. The maximum absolute atomic E-state index is 13.3. The van der Waals surface area contributed by atoms with Crippen molar-refractivity contribution in [2.45, 2.75) is 51.8 Å². The van der Waals surface area contributed by atoms with Crippen molar-refractivity contribution in [3.63, 3.8) is 0 Å². The van der Waals surface area contributed by atoms with Gasteiger partial charge < -0.3 is 14.5 Å². The van der Waals surface area contributed by atoms with Crippen molar-refractivity contribution in [2.75, 3.05) is 33.7 Å². The van der Waals surface area contributed by atoms with Crippen LogP contribution in [-0.2, 0) is 16.1 Å². The van der Waals surface area contributed by atoms with Crippen LogP contribution >= 0.6 is 0 Å². The Labute approximate surface area is 163 Å². The van der Waals surface area contributed by atoms with E-state index in [9.17, 15) is 9.59 Å². The van der Waals surface area contributed by atoms with Crippen LogP contribution in [0.1, 0.15) is 39.2 Å². The van der Waals surface area contributed by atoms with Crippen molar-refractivity contribution in [3.05, 3.63) is 35.9 Å². The Morgan fingerprint density at radius 2 is 1.81 bits per heavy atom. The van der Waals surface area contributed by atoms with Crippen LogP contribution in [0.3, 0.4) is 0 Å². The number of likely N-dealkylation sites (tertiary alicyclic amines) is 1. The number of carbonyl (C=O) groups is 2. The lowest BCUT2D eigenvalue weighted by Gasteiger charge is -2.32. The molecule has 0 aromatic heterocycles. The third kappa shape index (κ3) is 6.54. The lowest BCUT2D eigenvalue weighted by Crippen LogP contribution is -2.50. The second-order valence-corrected chi connectivity index (χ2v) is 8.38. The molecule has 1 saturated heterocycles. The first kappa shape index (κ1) is 21.2. The minimum absolute atomic E-state index is 0.00376. The number of amides is 2. The predicted octanol–water partition coefficient (Wildman–Crippen LogP) is 2.98. The normalized spacial score (nSPS) is 17.3. The predicted molar refractivity (Wildman–Crippen MR) is 106 cm³/mol. The van der Waals surface area contributed by atoms with Crippen LogP contribution in [0.25, 0.3) is 0 Å². The number of nitrogens with zero attached hydrogens (tertiary/aromatic N) is 3. The van der Waals surface area contributed by atoms with Crippen molar-refractivity contribution in [1.82, 2.24) is 14.7 Å². The molecule has 150 valence electrons. The Balaban J connectivity index is 2.13. The molecule has 2 amide bonds. The van der Waals surface area contributed by atoms with E-state index in [4.69, 9.17) is 4.74 Å². The number of ether oxygens (including phenoxy) is 1. The quantitative estimate of drug-likeness (QED) is 0.767. The fourth-order valence-electron chi connectivity index (χ4n) is 3.16. The standard InChI is InChI=1S/C21H33N3O3/c1-21(2,3)27-20(26)24-13-9-12-18(24)19(25)23(15-14-22(4)5)16-17-10-7-6-8-11-17/h6-8,10-11,18H,9,12-16H2,1-5H3/t18-/m0/s1. The SMILES string of the molecule is CN(C)CCN(Cc1ccccc1)C(=O)[C@@H]1CCCN1C(=O)OC(C)(C)C. The summed E-state index contributed by atoms with van der Waals surface area (Å²) < 4.78 is 5.51. The number of likely N-dealkylation sites (N-methyl/N-ethyl adjacent to an activating group) is 1. The van der Waals surface area contributed by atoms with Crippen LogP contribution in [0.15, 0.2) is 30.3 Å². The molecular weight excluding hydrogens is 342 g/mol. The van der Waals surface area contributed by atoms with Crippen molar-refractivity contribution in [2.24, 2.45) is 0 Å². The zero-order chi connectivity index (χ0) is 20.0. The highest BCUT2D eigenvalue weighted by atomic mass is 16.6. The zero-order valence-electron chi connectivity index (χ0n) is 17.3. The average Bonchev–Trinajstić information content (AvgIpc) is 3.07. The van der Waals surface area contributed by atoms with E-state index in [-0.39, 0.29) is 5.91 Å². The first-order chi connectivity index (χ1) is 12.7. The first-order valence-corrected chi connectivity index (χ1v) is 9.64. The molecular formula is C21H33N3O3. The third-order valence-corrected chi connectivity index (χ3v) is 4.51. The Hall–Kier alpha value is -2.08. The van der Waals surface area contributed by atoms with Gasteiger partial charge in [0.1, 0.15) is 11.6 Å². The van der Waals surface area contributed by atoms with E-state index in [1.54, 1.807) is 4.90 Å². The van der Waals surface area contributed by atoms with Gasteiger partial charge in [-0.1, -0.05) is 30.3 Å². The van der Waals surface area contributed by atoms with Gasteiger partial charge >= 0.3 is 6.09 Å². The summed E-state index contributed by atoms with van der Waals surface area (Å²) in [5.41, 5.74) is 0.522. The minimum Gasteiger partial charge on any atom is -0.444 e. The van der Waals surface area contributed by atoms with Gasteiger partial charge in [0.2, 0.25) is 5.91 Å². The van der Waals surface area contributed by atoms with E-state index in [1.165, 1.54) is 0 Å². The highest BCUT2D eigenvalue weighted by Gasteiger charge is 2.38. The van der Waals surface area contributed by atoms with E-state index in [1.807, 2.05) is 70.1 Å². The Morgan fingerprint density at radius 1 is 1.15 bits per heavy atom. The largest absolute Gasteiger partial charge is 0.444 e. The number of carbonyl (C=O) groups excluding carboxylic acids is 2. The third-order valence-electron chi connectivity index (χ3n) is 4.51.